The zero-order valence-corrected chi connectivity index (χ0v) is 17.1. The second-order valence-corrected chi connectivity index (χ2v) is 7.04. The molecule has 0 aliphatic carbocycles. The maximum atomic E-state index is 6.00. The van der Waals surface area contributed by atoms with Gasteiger partial charge in [-0.25, -0.2) is 0 Å². The van der Waals surface area contributed by atoms with Crippen LogP contribution < -0.4 is 9.47 Å². The number of ether oxygens (including phenoxy) is 2. The van der Waals surface area contributed by atoms with Gasteiger partial charge in [0.1, 0.15) is 29.2 Å². The van der Waals surface area contributed by atoms with Crippen molar-refractivity contribution in [2.75, 3.05) is 19.8 Å². The van der Waals surface area contributed by atoms with Gasteiger partial charge >= 0.3 is 0 Å². The van der Waals surface area contributed by atoms with Crippen molar-refractivity contribution in [1.82, 2.24) is 0 Å². The van der Waals surface area contributed by atoms with Gasteiger partial charge in [0.2, 0.25) is 0 Å². The van der Waals surface area contributed by atoms with Crippen LogP contribution in [0.15, 0.2) is 27.9 Å². The van der Waals surface area contributed by atoms with E-state index in [0.29, 0.717) is 25.7 Å². The maximum Gasteiger partial charge on any atom is 0.151 e. The monoisotopic (exact) mass is 387 g/mol. The van der Waals surface area contributed by atoms with Crippen molar-refractivity contribution < 1.29 is 14.3 Å². The number of rotatable bonds is 10. The van der Waals surface area contributed by atoms with Crippen LogP contribution in [0.4, 0.5) is 0 Å². The average molecular weight is 388 g/mol. The molecule has 0 atom stereocenters. The van der Waals surface area contributed by atoms with E-state index in [2.05, 4.69) is 25.9 Å². The molecule has 0 heterocycles. The molecule has 0 saturated carbocycles. The summed E-state index contributed by atoms with van der Waals surface area (Å²) in [7, 11) is 0. The Morgan fingerprint density at radius 2 is 1.88 bits per heavy atom. The van der Waals surface area contributed by atoms with Gasteiger partial charge in [0.05, 0.1) is 5.71 Å². The van der Waals surface area contributed by atoms with Gasteiger partial charge in [0, 0.05) is 5.56 Å². The standard InChI is InChI=1S/C19H27Cl2NO3/c1-6-15-11-16(23-8-7-18(20)21)12-17(13(2)3)19(15)24-9-10-25-22-14(4)5/h7,11-13H,6,8-10H2,1-5H3. The maximum absolute atomic E-state index is 6.00. The molecule has 0 aliphatic rings. The van der Waals surface area contributed by atoms with E-state index in [1.54, 1.807) is 6.08 Å². The van der Waals surface area contributed by atoms with E-state index in [4.69, 9.17) is 37.5 Å². The third-order valence-electron chi connectivity index (χ3n) is 3.33. The van der Waals surface area contributed by atoms with E-state index in [-0.39, 0.29) is 4.49 Å². The number of nitrogens with zero attached hydrogens (tertiary/aromatic N) is 1. The summed E-state index contributed by atoms with van der Waals surface area (Å²) >= 11 is 11.2. The molecule has 0 aromatic heterocycles. The highest BCUT2D eigenvalue weighted by Gasteiger charge is 2.15. The Kier molecular flexibility index (Phi) is 9.76. The third-order valence-corrected chi connectivity index (χ3v) is 3.64. The lowest BCUT2D eigenvalue weighted by molar-refractivity contribution is 0.106. The highest BCUT2D eigenvalue weighted by Crippen LogP contribution is 2.35. The van der Waals surface area contributed by atoms with Crippen molar-refractivity contribution in [2.45, 2.75) is 47.0 Å². The lowest BCUT2D eigenvalue weighted by Crippen LogP contribution is -2.09. The van der Waals surface area contributed by atoms with Crippen molar-refractivity contribution >= 4 is 28.9 Å². The Bertz CT molecular complexity index is 605. The number of hydrogen-bond acceptors (Lipinski definition) is 4. The molecule has 0 aliphatic heterocycles. The number of aryl methyl sites for hydroxylation is 1. The van der Waals surface area contributed by atoms with E-state index in [1.807, 2.05) is 26.0 Å². The van der Waals surface area contributed by atoms with E-state index < -0.39 is 0 Å². The van der Waals surface area contributed by atoms with Gasteiger partial charge in [0.25, 0.3) is 0 Å². The Balaban J connectivity index is 2.90. The van der Waals surface area contributed by atoms with Crippen LogP contribution in [0, 0.1) is 0 Å². The molecule has 140 valence electrons. The van der Waals surface area contributed by atoms with E-state index in [1.165, 1.54) is 0 Å². The summed E-state index contributed by atoms with van der Waals surface area (Å²) in [4.78, 5) is 5.20. The van der Waals surface area contributed by atoms with Crippen molar-refractivity contribution in [3.8, 4) is 11.5 Å². The fourth-order valence-corrected chi connectivity index (χ4v) is 2.32. The Labute approximate surface area is 160 Å². The number of oxime groups is 1. The minimum Gasteiger partial charge on any atom is -0.489 e. The van der Waals surface area contributed by atoms with Gasteiger partial charge in [-0.15, -0.1) is 0 Å². The fraction of sp³-hybridized carbons (Fsp3) is 0.526. The first-order valence-electron chi connectivity index (χ1n) is 8.41. The summed E-state index contributed by atoms with van der Waals surface area (Å²) in [5.74, 6) is 1.98. The first-order valence-corrected chi connectivity index (χ1v) is 9.17. The lowest BCUT2D eigenvalue weighted by Gasteiger charge is -2.19. The molecule has 0 unspecified atom stereocenters. The molecule has 0 fully saturated rings. The van der Waals surface area contributed by atoms with Crippen LogP contribution in [0.3, 0.4) is 0 Å². The SMILES string of the molecule is CCc1cc(OCC=C(Cl)Cl)cc(C(C)C)c1OCCON=C(C)C. The summed E-state index contributed by atoms with van der Waals surface area (Å²) < 4.78 is 11.9. The van der Waals surface area contributed by atoms with Crippen LogP contribution in [0.1, 0.15) is 51.7 Å². The minimum atomic E-state index is 0.199. The van der Waals surface area contributed by atoms with Gasteiger partial charge in [-0.2, -0.15) is 0 Å². The molecule has 1 aromatic carbocycles. The molecule has 0 N–H and O–H groups in total. The molecule has 25 heavy (non-hydrogen) atoms. The molecule has 1 aromatic rings. The zero-order chi connectivity index (χ0) is 18.8. The molecule has 0 saturated heterocycles. The predicted molar refractivity (Wildman–Crippen MR) is 105 cm³/mol. The molecule has 6 heteroatoms. The first kappa shape index (κ1) is 21.7. The predicted octanol–water partition coefficient (Wildman–Crippen LogP) is 5.86. The van der Waals surface area contributed by atoms with Crippen molar-refractivity contribution in [3.05, 3.63) is 33.8 Å². The van der Waals surface area contributed by atoms with Gasteiger partial charge in [-0.1, -0.05) is 49.1 Å². The van der Waals surface area contributed by atoms with Crippen LogP contribution in [-0.4, -0.2) is 25.5 Å². The number of benzene rings is 1. The minimum absolute atomic E-state index is 0.199. The van der Waals surface area contributed by atoms with Crippen LogP contribution in [0.5, 0.6) is 11.5 Å². The highest BCUT2D eigenvalue weighted by molar-refractivity contribution is 6.55. The zero-order valence-electron chi connectivity index (χ0n) is 15.6. The molecular weight excluding hydrogens is 361 g/mol. The van der Waals surface area contributed by atoms with E-state index >= 15 is 0 Å². The Morgan fingerprint density at radius 3 is 2.44 bits per heavy atom. The molecular formula is C19H27Cl2NO3. The molecule has 4 nitrogen and oxygen atoms in total. The fourth-order valence-electron chi connectivity index (χ4n) is 2.19. The van der Waals surface area contributed by atoms with Crippen LogP contribution in [0.25, 0.3) is 0 Å². The summed E-state index contributed by atoms with van der Waals surface area (Å²) in [5, 5.41) is 3.91. The average Bonchev–Trinajstić information content (AvgIpc) is 2.54. The molecule has 0 bridgehead atoms. The highest BCUT2D eigenvalue weighted by atomic mass is 35.5. The Morgan fingerprint density at radius 1 is 1.16 bits per heavy atom. The smallest absolute Gasteiger partial charge is 0.151 e. The second kappa shape index (κ2) is 11.3. The van der Waals surface area contributed by atoms with Gasteiger partial charge in [-0.3, -0.25) is 0 Å². The lowest BCUT2D eigenvalue weighted by atomic mass is 9.97. The van der Waals surface area contributed by atoms with Crippen molar-refractivity contribution in [3.63, 3.8) is 0 Å². The van der Waals surface area contributed by atoms with E-state index in [0.717, 1.165) is 34.8 Å². The van der Waals surface area contributed by atoms with Gasteiger partial charge in [-0.05, 0) is 50.0 Å². The van der Waals surface area contributed by atoms with Crippen molar-refractivity contribution in [2.24, 2.45) is 5.16 Å². The van der Waals surface area contributed by atoms with Crippen LogP contribution >= 0.6 is 23.2 Å². The van der Waals surface area contributed by atoms with E-state index in [9.17, 15) is 0 Å². The normalized spacial score (nSPS) is 10.4. The second-order valence-electron chi connectivity index (χ2n) is 6.03. The van der Waals surface area contributed by atoms with Crippen molar-refractivity contribution in [1.29, 1.82) is 0 Å². The topological polar surface area (TPSA) is 40.0 Å². The van der Waals surface area contributed by atoms with Crippen LogP contribution in [0.2, 0.25) is 0 Å². The van der Waals surface area contributed by atoms with Gasteiger partial charge in [0.15, 0.2) is 6.61 Å². The van der Waals surface area contributed by atoms with Gasteiger partial charge < -0.3 is 14.3 Å². The summed E-state index contributed by atoms with van der Waals surface area (Å²) in [5.41, 5.74) is 3.08. The molecule has 1 rings (SSSR count). The largest absolute Gasteiger partial charge is 0.489 e. The number of hydrogen-bond donors (Lipinski definition) is 0. The number of halogens is 2. The molecule has 0 spiro atoms. The Hall–Kier alpha value is -1.39. The summed E-state index contributed by atoms with van der Waals surface area (Å²) in [6, 6.07) is 4.00. The van der Waals surface area contributed by atoms with Crippen LogP contribution in [-0.2, 0) is 11.3 Å². The molecule has 0 amide bonds. The quantitative estimate of drug-likeness (QED) is 0.286. The molecule has 0 radical (unpaired) electrons. The summed E-state index contributed by atoms with van der Waals surface area (Å²) in [6.07, 6.45) is 2.45. The third kappa shape index (κ3) is 8.02. The summed E-state index contributed by atoms with van der Waals surface area (Å²) in [6.45, 7) is 11.3. The first-order chi connectivity index (χ1) is 11.8.